The van der Waals surface area contributed by atoms with Crippen molar-refractivity contribution in [3.05, 3.63) is 0 Å². The SMILES string of the molecule is CCCNC(=O)CCNc1nc(N)nc(OCC)n1. The van der Waals surface area contributed by atoms with E-state index in [1.807, 2.05) is 13.8 Å². The number of nitrogens with one attached hydrogen (secondary N) is 2. The molecule has 8 heteroatoms. The minimum atomic E-state index is -0.0126. The fraction of sp³-hybridized carbons (Fsp3) is 0.636. The maximum atomic E-state index is 11.4. The van der Waals surface area contributed by atoms with Gasteiger partial charge >= 0.3 is 6.01 Å². The molecule has 0 aliphatic rings. The van der Waals surface area contributed by atoms with E-state index in [0.29, 0.717) is 32.1 Å². The molecule has 1 amide bonds. The van der Waals surface area contributed by atoms with E-state index >= 15 is 0 Å². The van der Waals surface area contributed by atoms with Crippen molar-refractivity contribution < 1.29 is 9.53 Å². The third-order valence-corrected chi connectivity index (χ3v) is 2.11. The maximum absolute atomic E-state index is 11.4. The molecular formula is C11H20N6O2. The number of nitrogens with zero attached hydrogens (tertiary/aromatic N) is 3. The molecule has 1 heterocycles. The van der Waals surface area contributed by atoms with Crippen LogP contribution in [0.15, 0.2) is 0 Å². The first-order chi connectivity index (χ1) is 9.15. The Labute approximate surface area is 112 Å². The summed E-state index contributed by atoms with van der Waals surface area (Å²) in [6.07, 6.45) is 1.26. The Morgan fingerprint density at radius 3 is 2.74 bits per heavy atom. The van der Waals surface area contributed by atoms with Gasteiger partial charge in [0.05, 0.1) is 6.61 Å². The molecule has 19 heavy (non-hydrogen) atoms. The summed E-state index contributed by atoms with van der Waals surface area (Å²) in [5, 5.41) is 5.69. The second-order valence-corrected chi connectivity index (χ2v) is 3.76. The zero-order chi connectivity index (χ0) is 14.1. The maximum Gasteiger partial charge on any atom is 0.323 e. The smallest absolute Gasteiger partial charge is 0.323 e. The number of ether oxygens (including phenoxy) is 1. The van der Waals surface area contributed by atoms with Crippen LogP contribution >= 0.6 is 0 Å². The van der Waals surface area contributed by atoms with Gasteiger partial charge in [0, 0.05) is 19.5 Å². The first-order valence-electron chi connectivity index (χ1n) is 6.30. The van der Waals surface area contributed by atoms with Gasteiger partial charge in [0.25, 0.3) is 0 Å². The number of nitrogen functional groups attached to an aromatic ring is 1. The number of carbonyl (C=O) groups excluding carboxylic acids is 1. The van der Waals surface area contributed by atoms with Crippen molar-refractivity contribution in [3.8, 4) is 6.01 Å². The lowest BCUT2D eigenvalue weighted by Crippen LogP contribution is -2.26. The summed E-state index contributed by atoms with van der Waals surface area (Å²) in [7, 11) is 0. The van der Waals surface area contributed by atoms with Crippen molar-refractivity contribution in [2.75, 3.05) is 30.7 Å². The van der Waals surface area contributed by atoms with Gasteiger partial charge in [0.1, 0.15) is 0 Å². The molecule has 1 aromatic heterocycles. The molecule has 0 saturated heterocycles. The number of rotatable bonds is 8. The molecule has 0 unspecified atom stereocenters. The summed E-state index contributed by atoms with van der Waals surface area (Å²) in [5.41, 5.74) is 5.53. The van der Waals surface area contributed by atoms with Gasteiger partial charge in [0.2, 0.25) is 17.8 Å². The summed E-state index contributed by atoms with van der Waals surface area (Å²) in [6.45, 7) is 5.38. The number of amides is 1. The van der Waals surface area contributed by atoms with E-state index < -0.39 is 0 Å². The van der Waals surface area contributed by atoms with Crippen LogP contribution in [0.1, 0.15) is 26.7 Å². The van der Waals surface area contributed by atoms with Crippen LogP contribution < -0.4 is 21.1 Å². The molecule has 0 saturated carbocycles. The minimum Gasteiger partial charge on any atom is -0.464 e. The van der Waals surface area contributed by atoms with E-state index in [1.54, 1.807) is 0 Å². The molecule has 0 bridgehead atoms. The average molecular weight is 268 g/mol. The Morgan fingerprint density at radius 2 is 2.05 bits per heavy atom. The molecule has 0 aromatic carbocycles. The Hall–Kier alpha value is -2.12. The molecule has 0 fully saturated rings. The molecule has 0 spiro atoms. The fourth-order valence-electron chi connectivity index (χ4n) is 1.29. The molecule has 4 N–H and O–H groups in total. The van der Waals surface area contributed by atoms with Gasteiger partial charge in [-0.15, -0.1) is 0 Å². The van der Waals surface area contributed by atoms with Gasteiger partial charge in [-0.1, -0.05) is 6.92 Å². The van der Waals surface area contributed by atoms with Gasteiger partial charge < -0.3 is 21.1 Å². The van der Waals surface area contributed by atoms with Gasteiger partial charge in [-0.25, -0.2) is 0 Å². The van der Waals surface area contributed by atoms with Crippen LogP contribution in [0.4, 0.5) is 11.9 Å². The summed E-state index contributed by atoms with van der Waals surface area (Å²) in [6, 6.07) is 0.174. The predicted molar refractivity (Wildman–Crippen MR) is 71.8 cm³/mol. The van der Waals surface area contributed by atoms with Gasteiger partial charge in [-0.2, -0.15) is 15.0 Å². The molecular weight excluding hydrogens is 248 g/mol. The second-order valence-electron chi connectivity index (χ2n) is 3.76. The summed E-state index contributed by atoms with van der Waals surface area (Å²) in [4.78, 5) is 23.1. The van der Waals surface area contributed by atoms with Gasteiger partial charge in [-0.05, 0) is 13.3 Å². The van der Waals surface area contributed by atoms with Crippen molar-refractivity contribution in [1.82, 2.24) is 20.3 Å². The first-order valence-corrected chi connectivity index (χ1v) is 6.30. The molecule has 1 rings (SSSR count). The number of aromatic nitrogens is 3. The number of carbonyl (C=O) groups is 1. The fourth-order valence-corrected chi connectivity index (χ4v) is 1.29. The van der Waals surface area contributed by atoms with E-state index in [1.165, 1.54) is 0 Å². The van der Waals surface area contributed by atoms with E-state index in [-0.39, 0.29) is 17.9 Å². The monoisotopic (exact) mass is 268 g/mol. The summed E-state index contributed by atoms with van der Waals surface area (Å²) >= 11 is 0. The molecule has 0 aliphatic heterocycles. The Kier molecular flexibility index (Phi) is 6.34. The number of hydrogen-bond acceptors (Lipinski definition) is 7. The normalized spacial score (nSPS) is 10.0. The Morgan fingerprint density at radius 1 is 1.26 bits per heavy atom. The molecule has 8 nitrogen and oxygen atoms in total. The Balaban J connectivity index is 2.42. The minimum absolute atomic E-state index is 0.0126. The van der Waals surface area contributed by atoms with Gasteiger partial charge in [0.15, 0.2) is 0 Å². The number of hydrogen-bond donors (Lipinski definition) is 3. The van der Waals surface area contributed by atoms with Crippen LogP contribution in [0, 0.1) is 0 Å². The van der Waals surface area contributed by atoms with E-state index in [9.17, 15) is 4.79 Å². The van der Waals surface area contributed by atoms with Crippen LogP contribution in [-0.2, 0) is 4.79 Å². The summed E-state index contributed by atoms with van der Waals surface area (Å²) in [5.74, 6) is 0.372. The molecule has 1 aromatic rings. The van der Waals surface area contributed by atoms with Crippen LogP contribution in [0.5, 0.6) is 6.01 Å². The molecule has 106 valence electrons. The third-order valence-electron chi connectivity index (χ3n) is 2.11. The van der Waals surface area contributed by atoms with Crippen LogP contribution in [0.3, 0.4) is 0 Å². The van der Waals surface area contributed by atoms with Crippen molar-refractivity contribution >= 4 is 17.8 Å². The van der Waals surface area contributed by atoms with Crippen molar-refractivity contribution in [1.29, 1.82) is 0 Å². The highest BCUT2D eigenvalue weighted by molar-refractivity contribution is 5.76. The highest BCUT2D eigenvalue weighted by Gasteiger charge is 2.05. The Bertz CT molecular complexity index is 412. The van der Waals surface area contributed by atoms with Crippen LogP contribution in [0.2, 0.25) is 0 Å². The first kappa shape index (κ1) is 14.9. The highest BCUT2D eigenvalue weighted by Crippen LogP contribution is 2.08. The average Bonchev–Trinajstić information content (AvgIpc) is 2.36. The standard InChI is InChI=1S/C11H20N6O2/c1-3-6-13-8(18)5-7-14-10-15-9(12)16-11(17-10)19-4-2/h3-7H2,1-2H3,(H,13,18)(H3,12,14,15,16,17). The topological polar surface area (TPSA) is 115 Å². The predicted octanol–water partition coefficient (Wildman–Crippen LogP) is 0.181. The quantitative estimate of drug-likeness (QED) is 0.616. The lowest BCUT2D eigenvalue weighted by molar-refractivity contribution is -0.120. The van der Waals surface area contributed by atoms with Crippen molar-refractivity contribution in [3.63, 3.8) is 0 Å². The lowest BCUT2D eigenvalue weighted by atomic mass is 10.4. The largest absolute Gasteiger partial charge is 0.464 e. The zero-order valence-electron chi connectivity index (χ0n) is 11.3. The number of nitrogens with two attached hydrogens (primary N) is 1. The second kappa shape index (κ2) is 8.06. The highest BCUT2D eigenvalue weighted by atomic mass is 16.5. The van der Waals surface area contributed by atoms with Crippen molar-refractivity contribution in [2.24, 2.45) is 0 Å². The van der Waals surface area contributed by atoms with Crippen LogP contribution in [-0.4, -0.2) is 40.6 Å². The van der Waals surface area contributed by atoms with E-state index in [0.717, 1.165) is 6.42 Å². The van der Waals surface area contributed by atoms with E-state index in [2.05, 4.69) is 25.6 Å². The van der Waals surface area contributed by atoms with E-state index in [4.69, 9.17) is 10.5 Å². The lowest BCUT2D eigenvalue weighted by Gasteiger charge is -2.07. The zero-order valence-corrected chi connectivity index (χ0v) is 11.3. The molecule has 0 radical (unpaired) electrons. The molecule has 0 aliphatic carbocycles. The number of anilines is 2. The molecule has 0 atom stereocenters. The van der Waals surface area contributed by atoms with Crippen LogP contribution in [0.25, 0.3) is 0 Å². The third kappa shape index (κ3) is 5.84. The van der Waals surface area contributed by atoms with Crippen molar-refractivity contribution in [2.45, 2.75) is 26.7 Å². The van der Waals surface area contributed by atoms with Gasteiger partial charge in [-0.3, -0.25) is 4.79 Å². The summed E-state index contributed by atoms with van der Waals surface area (Å²) < 4.78 is 5.15.